The van der Waals surface area contributed by atoms with E-state index in [1.54, 1.807) is 0 Å². The van der Waals surface area contributed by atoms with Crippen molar-refractivity contribution in [1.29, 1.82) is 0 Å². The highest BCUT2D eigenvalue weighted by atomic mass is 32.1. The van der Waals surface area contributed by atoms with Gasteiger partial charge in [0.2, 0.25) is 0 Å². The van der Waals surface area contributed by atoms with Crippen molar-refractivity contribution in [3.63, 3.8) is 0 Å². The van der Waals surface area contributed by atoms with Crippen LogP contribution < -0.4 is 0 Å². The highest BCUT2D eigenvalue weighted by Gasteiger charge is 2.19. The Morgan fingerprint density at radius 2 is 0.821 bits per heavy atom. The molecule has 2 nitrogen and oxygen atoms in total. The van der Waals surface area contributed by atoms with Gasteiger partial charge in [-0.1, -0.05) is 91.0 Å². The van der Waals surface area contributed by atoms with Crippen LogP contribution in [0.25, 0.3) is 75.2 Å². The normalized spacial score (nSPS) is 12.1. The molecule has 9 rings (SSSR count). The fraction of sp³-hybridized carbons (Fsp3) is 0. The quantitative estimate of drug-likeness (QED) is 0.217. The molecule has 0 saturated carbocycles. The first-order chi connectivity index (χ1) is 19.4. The zero-order valence-electron chi connectivity index (χ0n) is 21.0. The average molecular weight is 515 g/mol. The Balaban J connectivity index is 1.50. The lowest BCUT2D eigenvalue weighted by atomic mass is 10.1. The van der Waals surface area contributed by atoms with Crippen molar-refractivity contribution in [1.82, 2.24) is 9.13 Å². The monoisotopic (exact) mass is 514 g/mol. The maximum atomic E-state index is 2.47. The second-order valence-corrected chi connectivity index (χ2v) is 11.2. The lowest BCUT2D eigenvalue weighted by molar-refractivity contribution is 1.15. The molecule has 0 amide bonds. The molecule has 3 heteroatoms. The van der Waals surface area contributed by atoms with Gasteiger partial charge in [0.15, 0.2) is 0 Å². The minimum absolute atomic E-state index is 1.18. The molecule has 0 fully saturated rings. The second-order valence-electron chi connectivity index (χ2n) is 10.2. The first-order valence-corrected chi connectivity index (χ1v) is 14.1. The van der Waals surface area contributed by atoms with Crippen molar-refractivity contribution in [3.8, 4) is 11.4 Å². The van der Waals surface area contributed by atoms with Gasteiger partial charge in [0.05, 0.1) is 32.5 Å². The molecule has 0 spiro atoms. The summed E-state index contributed by atoms with van der Waals surface area (Å²) >= 11 is 1.89. The van der Waals surface area contributed by atoms with Crippen LogP contribution in [0.4, 0.5) is 0 Å². The fourth-order valence-corrected chi connectivity index (χ4v) is 7.66. The summed E-state index contributed by atoms with van der Waals surface area (Å²) in [6.45, 7) is 0. The Kier molecular flexibility index (Phi) is 4.24. The van der Waals surface area contributed by atoms with E-state index in [0.717, 1.165) is 0 Å². The highest BCUT2D eigenvalue weighted by Crippen LogP contribution is 2.43. The largest absolute Gasteiger partial charge is 0.309 e. The molecular formula is C36H22N2S. The van der Waals surface area contributed by atoms with Crippen molar-refractivity contribution >= 4 is 75.1 Å². The molecule has 0 aliphatic rings. The summed E-state index contributed by atoms with van der Waals surface area (Å²) in [6, 6.07) is 48.7. The summed E-state index contributed by atoms with van der Waals surface area (Å²) in [6.07, 6.45) is 0. The Morgan fingerprint density at radius 1 is 0.385 bits per heavy atom. The summed E-state index contributed by atoms with van der Waals surface area (Å²) in [5.41, 5.74) is 7.33. The van der Waals surface area contributed by atoms with Gasteiger partial charge < -0.3 is 9.13 Å². The molecule has 0 N–H and O–H groups in total. The van der Waals surface area contributed by atoms with Crippen LogP contribution in [0.15, 0.2) is 133 Å². The molecular weight excluding hydrogens is 492 g/mol. The molecule has 39 heavy (non-hydrogen) atoms. The molecule has 6 aromatic carbocycles. The smallest absolute Gasteiger partial charge is 0.0661 e. The van der Waals surface area contributed by atoms with Crippen LogP contribution in [0.5, 0.6) is 0 Å². The van der Waals surface area contributed by atoms with Gasteiger partial charge in [0.25, 0.3) is 0 Å². The lowest BCUT2D eigenvalue weighted by Gasteiger charge is -2.14. The van der Waals surface area contributed by atoms with E-state index in [-0.39, 0.29) is 0 Å². The highest BCUT2D eigenvalue weighted by molar-refractivity contribution is 7.26. The molecule has 3 aromatic heterocycles. The van der Waals surface area contributed by atoms with E-state index in [1.807, 2.05) is 11.3 Å². The number of benzene rings is 6. The van der Waals surface area contributed by atoms with Crippen molar-refractivity contribution < 1.29 is 0 Å². The van der Waals surface area contributed by atoms with E-state index in [1.165, 1.54) is 75.2 Å². The number of thiophene rings is 1. The van der Waals surface area contributed by atoms with Gasteiger partial charge in [0.1, 0.15) is 0 Å². The summed E-state index contributed by atoms with van der Waals surface area (Å²) in [5.74, 6) is 0. The van der Waals surface area contributed by atoms with Crippen LogP contribution in [-0.2, 0) is 0 Å². The Hall–Kier alpha value is -4.86. The minimum Gasteiger partial charge on any atom is -0.309 e. The average Bonchev–Trinajstić information content (AvgIpc) is 3.65. The van der Waals surface area contributed by atoms with Crippen LogP contribution >= 0.6 is 11.3 Å². The van der Waals surface area contributed by atoms with Crippen LogP contribution in [0.1, 0.15) is 0 Å². The minimum atomic E-state index is 1.18. The van der Waals surface area contributed by atoms with Crippen LogP contribution in [0.3, 0.4) is 0 Å². The van der Waals surface area contributed by atoms with E-state index in [4.69, 9.17) is 0 Å². The Bertz CT molecular complexity index is 2290. The van der Waals surface area contributed by atoms with E-state index in [0.29, 0.717) is 0 Å². The molecule has 182 valence electrons. The summed E-state index contributed by atoms with van der Waals surface area (Å²) in [4.78, 5) is 0. The van der Waals surface area contributed by atoms with Crippen molar-refractivity contribution in [2.75, 3.05) is 0 Å². The topological polar surface area (TPSA) is 9.86 Å². The van der Waals surface area contributed by atoms with E-state index >= 15 is 0 Å². The molecule has 0 unspecified atom stereocenters. The van der Waals surface area contributed by atoms with Crippen molar-refractivity contribution in [2.45, 2.75) is 0 Å². The Morgan fingerprint density at radius 3 is 1.36 bits per heavy atom. The van der Waals surface area contributed by atoms with Crippen LogP contribution in [-0.4, -0.2) is 9.13 Å². The second kappa shape index (κ2) is 7.83. The zero-order valence-corrected chi connectivity index (χ0v) is 21.8. The van der Waals surface area contributed by atoms with Gasteiger partial charge in [0, 0.05) is 42.7 Å². The predicted octanol–water partition coefficient (Wildman–Crippen LogP) is 10.2. The molecule has 0 radical (unpaired) electrons. The van der Waals surface area contributed by atoms with Gasteiger partial charge in [-0.15, -0.1) is 11.3 Å². The number of para-hydroxylation sites is 4. The van der Waals surface area contributed by atoms with E-state index < -0.39 is 0 Å². The molecule has 0 bridgehead atoms. The van der Waals surface area contributed by atoms with Gasteiger partial charge in [-0.05, 0) is 42.5 Å². The van der Waals surface area contributed by atoms with E-state index in [9.17, 15) is 0 Å². The first kappa shape index (κ1) is 21.1. The number of aromatic nitrogens is 2. The summed E-state index contributed by atoms with van der Waals surface area (Å²) in [5, 5.41) is 7.73. The van der Waals surface area contributed by atoms with Gasteiger partial charge in [-0.3, -0.25) is 0 Å². The SMILES string of the molecule is c1ccc2c(c1)sc1c(-n3c4ccccc4c4ccccc43)cc(-n3c4ccccc4c4ccccc43)cc12. The van der Waals surface area contributed by atoms with Crippen molar-refractivity contribution in [2.24, 2.45) is 0 Å². The maximum Gasteiger partial charge on any atom is 0.0661 e. The number of hydrogen-bond acceptors (Lipinski definition) is 1. The summed E-state index contributed by atoms with van der Waals surface area (Å²) in [7, 11) is 0. The van der Waals surface area contributed by atoms with Crippen molar-refractivity contribution in [3.05, 3.63) is 133 Å². The first-order valence-electron chi connectivity index (χ1n) is 13.3. The van der Waals surface area contributed by atoms with Crippen LogP contribution in [0.2, 0.25) is 0 Å². The molecule has 0 atom stereocenters. The predicted molar refractivity (Wildman–Crippen MR) is 168 cm³/mol. The van der Waals surface area contributed by atoms with Gasteiger partial charge in [-0.25, -0.2) is 0 Å². The zero-order chi connectivity index (χ0) is 25.5. The maximum absolute atomic E-state index is 2.47. The van der Waals surface area contributed by atoms with E-state index in [2.05, 4.69) is 143 Å². The number of rotatable bonds is 2. The lowest BCUT2D eigenvalue weighted by Crippen LogP contribution is -1.99. The standard InChI is InChI=1S/C36H22N2S/c1-6-16-30-24(11-1)25-12-2-7-17-31(25)37(30)23-21-29-28-15-5-10-20-35(28)39-36(29)34(22-23)38-32-18-8-3-13-26(32)27-14-4-9-19-33(27)38/h1-22H. The summed E-state index contributed by atoms with van der Waals surface area (Å²) < 4.78 is 7.54. The third kappa shape index (κ3) is 2.85. The third-order valence-corrected chi connectivity index (χ3v) is 9.31. The molecule has 0 saturated heterocycles. The third-order valence-electron chi connectivity index (χ3n) is 8.10. The van der Waals surface area contributed by atoms with Gasteiger partial charge >= 0.3 is 0 Å². The fourth-order valence-electron chi connectivity index (χ4n) is 6.47. The van der Waals surface area contributed by atoms with Crippen LogP contribution in [0, 0.1) is 0 Å². The molecule has 0 aliphatic heterocycles. The molecule has 3 heterocycles. The number of hydrogen-bond donors (Lipinski definition) is 0. The number of fused-ring (bicyclic) bond motifs is 9. The Labute approximate surface area is 228 Å². The van der Waals surface area contributed by atoms with Gasteiger partial charge in [-0.2, -0.15) is 0 Å². The molecule has 0 aliphatic carbocycles. The number of nitrogens with zero attached hydrogens (tertiary/aromatic N) is 2. The molecule has 9 aromatic rings.